The van der Waals surface area contributed by atoms with Crippen molar-refractivity contribution in [1.82, 2.24) is 15.0 Å². The Balaban J connectivity index is 2.17. The zero-order valence-electron chi connectivity index (χ0n) is 10.3. The number of rotatable bonds is 2. The molecule has 4 nitrogen and oxygen atoms in total. The molecule has 5 heteroatoms. The number of fused-ring (bicyclic) bond motifs is 1. The average molecular weight is 257 g/mol. The first kappa shape index (κ1) is 11.8. The van der Waals surface area contributed by atoms with Gasteiger partial charge in [0.2, 0.25) is 0 Å². The van der Waals surface area contributed by atoms with Crippen molar-refractivity contribution in [3.8, 4) is 5.69 Å². The molecule has 0 fully saturated rings. The summed E-state index contributed by atoms with van der Waals surface area (Å²) in [4.78, 5) is 0. The topological polar surface area (TPSA) is 50.9 Å². The number of nitrogens with zero attached hydrogens (tertiary/aromatic N) is 3. The first-order valence-corrected chi connectivity index (χ1v) is 5.95. The van der Waals surface area contributed by atoms with Gasteiger partial charge < -0.3 is 5.11 Å². The third-order valence-corrected chi connectivity index (χ3v) is 3.03. The number of halogens is 1. The monoisotopic (exact) mass is 257 g/mol. The molecule has 1 N–H and O–H groups in total. The fourth-order valence-electron chi connectivity index (χ4n) is 2.00. The van der Waals surface area contributed by atoms with Crippen molar-refractivity contribution in [2.75, 3.05) is 0 Å². The Kier molecular flexibility index (Phi) is 2.76. The van der Waals surface area contributed by atoms with Gasteiger partial charge in [-0.15, -0.1) is 5.10 Å². The number of benzene rings is 2. The molecular weight excluding hydrogens is 245 g/mol. The molecule has 0 amide bonds. The molecule has 1 unspecified atom stereocenters. The van der Waals surface area contributed by atoms with Crippen LogP contribution in [0.1, 0.15) is 18.6 Å². The van der Waals surface area contributed by atoms with Crippen LogP contribution < -0.4 is 0 Å². The van der Waals surface area contributed by atoms with Gasteiger partial charge in [0.25, 0.3) is 0 Å². The SMILES string of the molecule is CC(O)c1ccc(-n2nnc3ccccc32)c(F)c1. The zero-order chi connectivity index (χ0) is 13.4. The second-order valence-corrected chi connectivity index (χ2v) is 4.38. The van der Waals surface area contributed by atoms with Crippen molar-refractivity contribution in [1.29, 1.82) is 0 Å². The normalized spacial score (nSPS) is 12.8. The summed E-state index contributed by atoms with van der Waals surface area (Å²) in [5.41, 5.74) is 2.30. The molecule has 0 spiro atoms. The number of para-hydroxylation sites is 1. The Morgan fingerprint density at radius 2 is 2.00 bits per heavy atom. The van der Waals surface area contributed by atoms with Crippen molar-refractivity contribution < 1.29 is 9.50 Å². The first-order valence-electron chi connectivity index (χ1n) is 5.95. The molecule has 0 aliphatic heterocycles. The quantitative estimate of drug-likeness (QED) is 0.767. The van der Waals surface area contributed by atoms with Gasteiger partial charge in [-0.05, 0) is 36.8 Å². The molecule has 2 aromatic carbocycles. The van der Waals surface area contributed by atoms with Crippen molar-refractivity contribution in [2.45, 2.75) is 13.0 Å². The first-order chi connectivity index (χ1) is 9.16. The average Bonchev–Trinajstić information content (AvgIpc) is 2.82. The fourth-order valence-corrected chi connectivity index (χ4v) is 2.00. The third kappa shape index (κ3) is 1.98. The predicted molar refractivity (Wildman–Crippen MR) is 69.5 cm³/mol. The second-order valence-electron chi connectivity index (χ2n) is 4.38. The summed E-state index contributed by atoms with van der Waals surface area (Å²) in [6.45, 7) is 1.60. The predicted octanol–water partition coefficient (Wildman–Crippen LogP) is 2.61. The van der Waals surface area contributed by atoms with Gasteiger partial charge in [-0.2, -0.15) is 0 Å². The number of aromatic nitrogens is 3. The molecule has 0 saturated carbocycles. The summed E-state index contributed by atoms with van der Waals surface area (Å²) < 4.78 is 15.6. The standard InChI is InChI=1S/C14H12FN3O/c1-9(19)10-6-7-13(11(15)8-10)18-14-5-3-2-4-12(14)16-17-18/h2-9,19H,1H3. The van der Waals surface area contributed by atoms with Gasteiger partial charge in [-0.1, -0.05) is 23.4 Å². The van der Waals surface area contributed by atoms with Crippen molar-refractivity contribution in [3.05, 3.63) is 53.8 Å². The summed E-state index contributed by atoms with van der Waals surface area (Å²) in [5.74, 6) is -0.436. The molecule has 0 bridgehead atoms. The van der Waals surface area contributed by atoms with Crippen molar-refractivity contribution >= 4 is 11.0 Å². The maximum atomic E-state index is 14.1. The van der Waals surface area contributed by atoms with E-state index in [0.29, 0.717) is 16.8 Å². The lowest BCUT2D eigenvalue weighted by molar-refractivity contribution is 0.199. The van der Waals surface area contributed by atoms with Crippen LogP contribution in [0.4, 0.5) is 4.39 Å². The van der Waals surface area contributed by atoms with E-state index in [4.69, 9.17) is 0 Å². The van der Waals surface area contributed by atoms with Crippen molar-refractivity contribution in [2.24, 2.45) is 0 Å². The van der Waals surface area contributed by atoms with Crippen LogP contribution in [0.15, 0.2) is 42.5 Å². The largest absolute Gasteiger partial charge is 0.389 e. The van der Waals surface area contributed by atoms with Crippen LogP contribution >= 0.6 is 0 Å². The molecule has 0 saturated heterocycles. The van der Waals surface area contributed by atoms with E-state index in [1.165, 1.54) is 10.7 Å². The van der Waals surface area contributed by atoms with E-state index in [9.17, 15) is 9.50 Å². The van der Waals surface area contributed by atoms with Crippen LogP contribution in [-0.4, -0.2) is 20.1 Å². The van der Waals surface area contributed by atoms with Gasteiger partial charge in [0, 0.05) is 0 Å². The molecule has 1 aromatic heterocycles. The zero-order valence-corrected chi connectivity index (χ0v) is 10.3. The Morgan fingerprint density at radius 1 is 1.21 bits per heavy atom. The Morgan fingerprint density at radius 3 is 2.74 bits per heavy atom. The number of aliphatic hydroxyl groups excluding tert-OH is 1. The Bertz CT molecular complexity index is 736. The van der Waals surface area contributed by atoms with Gasteiger partial charge in [-0.25, -0.2) is 9.07 Å². The van der Waals surface area contributed by atoms with E-state index in [1.54, 1.807) is 19.1 Å². The molecule has 1 heterocycles. The minimum atomic E-state index is -0.698. The lowest BCUT2D eigenvalue weighted by Gasteiger charge is -2.08. The fraction of sp³-hybridized carbons (Fsp3) is 0.143. The highest BCUT2D eigenvalue weighted by molar-refractivity contribution is 5.75. The maximum Gasteiger partial charge on any atom is 0.149 e. The van der Waals surface area contributed by atoms with Crippen LogP contribution in [0.3, 0.4) is 0 Å². The molecule has 3 rings (SSSR count). The molecule has 19 heavy (non-hydrogen) atoms. The highest BCUT2D eigenvalue weighted by Crippen LogP contribution is 2.21. The van der Waals surface area contributed by atoms with Gasteiger partial charge in [-0.3, -0.25) is 0 Å². The van der Waals surface area contributed by atoms with E-state index < -0.39 is 11.9 Å². The van der Waals surface area contributed by atoms with Gasteiger partial charge in [0.1, 0.15) is 17.0 Å². The minimum absolute atomic E-state index is 0.318. The van der Waals surface area contributed by atoms with Crippen LogP contribution in [0.5, 0.6) is 0 Å². The number of hydrogen-bond acceptors (Lipinski definition) is 3. The Hall–Kier alpha value is -2.27. The van der Waals surface area contributed by atoms with Crippen LogP contribution in [0.25, 0.3) is 16.7 Å². The summed E-state index contributed by atoms with van der Waals surface area (Å²) in [7, 11) is 0. The summed E-state index contributed by atoms with van der Waals surface area (Å²) in [6, 6.07) is 11.9. The third-order valence-electron chi connectivity index (χ3n) is 3.03. The molecule has 0 aliphatic rings. The smallest absolute Gasteiger partial charge is 0.149 e. The molecule has 0 aliphatic carbocycles. The number of aliphatic hydroxyl groups is 1. The summed E-state index contributed by atoms with van der Waals surface area (Å²) >= 11 is 0. The molecule has 96 valence electrons. The van der Waals surface area contributed by atoms with Crippen LogP contribution in [0, 0.1) is 5.82 Å². The highest BCUT2D eigenvalue weighted by Gasteiger charge is 2.12. The van der Waals surface area contributed by atoms with E-state index >= 15 is 0 Å². The Labute approximate surface area is 109 Å². The second kappa shape index (κ2) is 4.44. The lowest BCUT2D eigenvalue weighted by Crippen LogP contribution is -2.02. The maximum absolute atomic E-state index is 14.1. The van der Waals surface area contributed by atoms with Gasteiger partial charge >= 0.3 is 0 Å². The van der Waals surface area contributed by atoms with Crippen molar-refractivity contribution in [3.63, 3.8) is 0 Å². The molecule has 1 atom stereocenters. The molecule has 3 aromatic rings. The molecule has 0 radical (unpaired) electrons. The lowest BCUT2D eigenvalue weighted by atomic mass is 10.1. The number of hydrogen-bond donors (Lipinski definition) is 1. The van der Waals surface area contributed by atoms with E-state index in [2.05, 4.69) is 10.3 Å². The molecular formula is C14H12FN3O. The summed E-state index contributed by atoms with van der Waals surface area (Å²) in [5, 5.41) is 17.4. The van der Waals surface area contributed by atoms with E-state index in [0.717, 1.165) is 5.52 Å². The van der Waals surface area contributed by atoms with Gasteiger partial charge in [0.05, 0.1) is 11.6 Å². The highest BCUT2D eigenvalue weighted by atomic mass is 19.1. The summed E-state index contributed by atoms with van der Waals surface area (Å²) in [6.07, 6.45) is -0.698. The minimum Gasteiger partial charge on any atom is -0.389 e. The van der Waals surface area contributed by atoms with Gasteiger partial charge in [0.15, 0.2) is 0 Å². The van der Waals surface area contributed by atoms with Crippen LogP contribution in [-0.2, 0) is 0 Å². The van der Waals surface area contributed by atoms with E-state index in [1.807, 2.05) is 24.3 Å². The van der Waals surface area contributed by atoms with Crippen LogP contribution in [0.2, 0.25) is 0 Å². The van der Waals surface area contributed by atoms with E-state index in [-0.39, 0.29) is 0 Å².